The number of ketones is 6. The minimum absolute atomic E-state index is 0.0291. The molecular formula is C90H126N6O18. The smallest absolute Gasteiger partial charge is 0.226 e. The first-order chi connectivity index (χ1) is 65.9. The first-order valence-corrected chi connectivity index (χ1v) is 35.4. The van der Waals surface area contributed by atoms with E-state index in [1.165, 1.54) is 90.8 Å². The molecule has 0 radical (unpaired) electrons. The monoisotopic (exact) mass is 1610 g/mol. The summed E-state index contributed by atoms with van der Waals surface area (Å²) < 4.78 is 261. The van der Waals surface area contributed by atoms with Crippen LogP contribution in [0.25, 0.3) is 0 Å². The number of hydrogen-bond acceptors (Lipinski definition) is 18. The third-order valence-corrected chi connectivity index (χ3v) is 14.8. The van der Waals surface area contributed by atoms with E-state index >= 15 is 0 Å². The van der Waals surface area contributed by atoms with Crippen molar-refractivity contribution in [2.24, 2.45) is 35.5 Å². The van der Waals surface area contributed by atoms with Crippen molar-refractivity contribution in [2.45, 2.75) is 161 Å². The molecule has 6 amide bonds. The average molecular weight is 1610 g/mol. The van der Waals surface area contributed by atoms with Crippen LogP contribution in [0.3, 0.4) is 0 Å². The second-order valence-corrected chi connectivity index (χ2v) is 25.8. The molecule has 0 aliphatic heterocycles. The fraction of sp³-hybridized carbons (Fsp3) is 0.467. The summed E-state index contributed by atoms with van der Waals surface area (Å²) >= 11 is 0. The van der Waals surface area contributed by atoms with Crippen molar-refractivity contribution in [3.63, 3.8) is 0 Å². The maximum absolute atomic E-state index is 12.5. The van der Waals surface area contributed by atoms with Crippen LogP contribution in [0.1, 0.15) is 188 Å². The summed E-state index contributed by atoms with van der Waals surface area (Å²) in [5.41, 5.74) is 2.37. The van der Waals surface area contributed by atoms with Gasteiger partial charge in [-0.1, -0.05) is 179 Å². The number of aryl methyl sites for hydroxylation is 3. The quantitative estimate of drug-likeness (QED) is 0.0207. The number of nitrogens with one attached hydrogen (secondary N) is 6. The van der Waals surface area contributed by atoms with Crippen LogP contribution in [-0.4, -0.2) is 152 Å². The molecule has 0 spiro atoms. The molecular weight excluding hydrogens is 1450 g/mol. The molecule has 0 aliphatic rings. The zero-order chi connectivity index (χ0) is 112. The summed E-state index contributed by atoms with van der Waals surface area (Å²) in [6, 6.07) is 14.3. The van der Waals surface area contributed by atoms with Gasteiger partial charge in [0.15, 0.2) is 0 Å². The molecule has 6 rings (SSSR count). The van der Waals surface area contributed by atoms with E-state index in [0.717, 1.165) is 16.7 Å². The lowest BCUT2D eigenvalue weighted by molar-refractivity contribution is -0.130. The molecule has 0 saturated carbocycles. The zero-order valence-electron chi connectivity index (χ0n) is 97.2. The van der Waals surface area contributed by atoms with Crippen LogP contribution in [0.4, 0.5) is 0 Å². The largest absolute Gasteiger partial charge is 0.384 e. The minimum Gasteiger partial charge on any atom is -0.384 e. The van der Waals surface area contributed by atoms with Gasteiger partial charge in [-0.05, 0) is 116 Å². The number of ether oxygens (including phenoxy) is 6. The van der Waals surface area contributed by atoms with Gasteiger partial charge >= 0.3 is 0 Å². The number of Topliss-reactive ketones (excluding diaryl/α,β-unsaturated/α-hetero) is 6. The van der Waals surface area contributed by atoms with E-state index in [-0.39, 0.29) is 134 Å². The van der Waals surface area contributed by atoms with E-state index in [1.807, 2.05) is 26.1 Å². The van der Waals surface area contributed by atoms with Crippen molar-refractivity contribution in [3.8, 4) is 0 Å². The molecule has 6 unspecified atom stereocenters. The predicted octanol–water partition coefficient (Wildman–Crippen LogP) is 11.1. The molecule has 6 N–H and O–H groups in total. The maximum Gasteiger partial charge on any atom is 0.226 e. The third kappa shape index (κ3) is 48.8. The first-order valence-electron chi connectivity index (χ1n) is 50.4. The van der Waals surface area contributed by atoms with E-state index in [0.29, 0.717) is 11.1 Å². The van der Waals surface area contributed by atoms with Crippen molar-refractivity contribution in [1.29, 1.82) is 0 Å². The van der Waals surface area contributed by atoms with Crippen molar-refractivity contribution in [3.05, 3.63) is 212 Å². The summed E-state index contributed by atoms with van der Waals surface area (Å²) in [6.45, 7) is 2.22. The van der Waals surface area contributed by atoms with Gasteiger partial charge in [-0.25, -0.2) is 0 Å². The Balaban J connectivity index is 0.000000866. The normalized spacial score (nSPS) is 16.7. The minimum atomic E-state index is -2.81. The topological polar surface area (TPSA) is 332 Å². The molecule has 0 saturated heterocycles. The Morgan fingerprint density at radius 2 is 0.421 bits per heavy atom. The number of benzene rings is 6. The van der Waals surface area contributed by atoms with Gasteiger partial charge in [0.1, 0.15) is 34.7 Å². The fourth-order valence-corrected chi connectivity index (χ4v) is 9.06. The van der Waals surface area contributed by atoms with Crippen LogP contribution in [-0.2, 0) is 125 Å². The second-order valence-electron chi connectivity index (χ2n) is 25.8. The van der Waals surface area contributed by atoms with Crippen LogP contribution in [0.2, 0.25) is 0 Å². The Morgan fingerprint density at radius 3 is 0.570 bits per heavy atom. The molecule has 114 heavy (non-hydrogen) atoms. The molecule has 0 aromatic heterocycles. The van der Waals surface area contributed by atoms with Crippen LogP contribution in [0.5, 0.6) is 0 Å². The molecule has 24 nitrogen and oxygen atoms in total. The molecule has 0 aliphatic carbocycles. The molecule has 0 bridgehead atoms. The summed E-state index contributed by atoms with van der Waals surface area (Å²) in [5.74, 6) is -11.7. The Bertz CT molecular complexity index is 5140. The van der Waals surface area contributed by atoms with Crippen molar-refractivity contribution in [1.82, 2.24) is 31.9 Å². The highest BCUT2D eigenvalue weighted by molar-refractivity contribution is 5.89. The molecule has 6 aromatic carbocycles. The lowest BCUT2D eigenvalue weighted by atomic mass is 10.0. The first kappa shape index (κ1) is 61.4. The Kier molecular flexibility index (Phi) is 32.1. The summed E-state index contributed by atoms with van der Waals surface area (Å²) in [6.07, 6.45) is -0.850. The predicted molar refractivity (Wildman–Crippen MR) is 442 cm³/mol. The number of rotatable bonds is 42. The van der Waals surface area contributed by atoms with Crippen LogP contribution in [0.15, 0.2) is 145 Å². The van der Waals surface area contributed by atoms with Crippen molar-refractivity contribution in [2.75, 3.05) is 82.2 Å². The molecule has 0 fully saturated rings. The van der Waals surface area contributed by atoms with Gasteiger partial charge in [0.25, 0.3) is 0 Å². The third-order valence-electron chi connectivity index (χ3n) is 14.8. The van der Waals surface area contributed by atoms with Gasteiger partial charge in [0.2, 0.25) is 35.4 Å². The average Bonchev–Trinajstić information content (AvgIpc) is 0.770. The van der Waals surface area contributed by atoms with Crippen molar-refractivity contribution < 1.29 is 127 Å². The highest BCUT2D eigenvalue weighted by atomic mass is 16.5. The van der Waals surface area contributed by atoms with E-state index < -0.39 is 214 Å². The highest BCUT2D eigenvalue weighted by Gasteiger charge is 2.25. The zero-order valence-corrected chi connectivity index (χ0v) is 67.2. The number of amides is 6. The molecule has 0 heterocycles. The summed E-state index contributed by atoms with van der Waals surface area (Å²) in [7, 11) is 0.0682. The fourth-order valence-electron chi connectivity index (χ4n) is 9.06. The van der Waals surface area contributed by atoms with Gasteiger partial charge < -0.3 is 89.1 Å². The standard InChI is InChI=1S/6C15H21NO3/c6*1-11-4-6-13(7-5-11)9-16-15(18)14(10-19-3)8-12(2)17/h6*4-7,14H,8-10H2,1-3H3,(H,16,18)/i3D3,4D,5D,6D,7D,9D2;2*4D,5D,6D,7D,9D2;3D3,9D2;2*9D2. The SMILES string of the molecule is [2H]C([2H])(NC(=O)C(COC)CC(C)=O)c1ccc(C)cc1.[2H]C([2H])(NC(=O)C(COC)CC(C)=O)c1ccc(C)cc1.[2H]C([2H])([2H])OCC(CC(C)=O)C(=O)NC([2H])([2H])c1ccc(C)cc1.[2H]c1c([2H])c(C([2H])([2H])NC(=O)C(COC([2H])([2H])[2H])CC(C)=O)c([2H])c([2H])c1C.[2H]c1c([2H])c(C([2H])([2H])NC(=O)C(COC)CC(C)=O)c([2H])c([2H])c1C.[2H]c1c([2H])c(C([2H])([2H])NC(=O)C(COC)CC(C)=O)c([2H])c([2H])c1C. The van der Waals surface area contributed by atoms with Crippen LogP contribution in [0, 0.1) is 77.0 Å². The van der Waals surface area contributed by atoms with Gasteiger partial charge in [-0.15, -0.1) is 0 Å². The van der Waals surface area contributed by atoms with E-state index in [1.54, 1.807) is 72.8 Å². The Morgan fingerprint density at radius 1 is 0.263 bits per heavy atom. The highest BCUT2D eigenvalue weighted by Crippen LogP contribution is 2.15. The van der Waals surface area contributed by atoms with Crippen LogP contribution < -0.4 is 31.9 Å². The molecule has 6 atom stereocenters. The van der Waals surface area contributed by atoms with E-state index in [4.69, 9.17) is 60.1 Å². The summed E-state index contributed by atoms with van der Waals surface area (Å²) in [4.78, 5) is 141. The lowest BCUT2D eigenvalue weighted by Crippen LogP contribution is -2.33. The maximum atomic E-state index is 12.5. The van der Waals surface area contributed by atoms with E-state index in [9.17, 15) is 57.5 Å². The van der Waals surface area contributed by atoms with E-state index in [2.05, 4.69) is 36.1 Å². The van der Waals surface area contributed by atoms with Gasteiger partial charge in [0.05, 0.1) is 116 Å². The number of carbonyl (C=O) groups is 12. The molecule has 6 aromatic rings. The number of hydrogen-bond donors (Lipinski definition) is 6. The number of methoxy groups -OCH3 is 6. The Labute approximate surface area is 718 Å². The Hall–Kier alpha value is -10.1. The van der Waals surface area contributed by atoms with Gasteiger partial charge in [0, 0.05) is 120 Å². The van der Waals surface area contributed by atoms with Crippen LogP contribution >= 0.6 is 0 Å². The van der Waals surface area contributed by atoms with Gasteiger partial charge in [-0.2, -0.15) is 0 Å². The number of carbonyl (C=O) groups excluding carboxylic acids is 12. The second kappa shape index (κ2) is 59.6. The lowest BCUT2D eigenvalue weighted by Gasteiger charge is -2.14. The molecule has 24 heteroatoms. The summed E-state index contributed by atoms with van der Waals surface area (Å²) in [5, 5.41) is 13.0. The van der Waals surface area contributed by atoms with Crippen molar-refractivity contribution >= 4 is 70.1 Å². The van der Waals surface area contributed by atoms with Gasteiger partial charge in [-0.3, -0.25) is 28.8 Å². The molecule has 624 valence electrons.